The number of likely N-dealkylation sites (N-methyl/N-ethyl adjacent to an activating group) is 1. The lowest BCUT2D eigenvalue weighted by atomic mass is 10.3. The lowest BCUT2D eigenvalue weighted by molar-refractivity contribution is -0.116. The van der Waals surface area contributed by atoms with Gasteiger partial charge in [0.25, 0.3) is 0 Å². The van der Waals surface area contributed by atoms with Gasteiger partial charge in [-0.1, -0.05) is 24.9 Å². The number of amides is 1. The molecule has 0 heterocycles. The van der Waals surface area contributed by atoms with Gasteiger partial charge in [-0.05, 0) is 36.8 Å². The number of anilines is 1. The highest BCUT2D eigenvalue weighted by Gasteiger charge is 2.12. The molecule has 122 valence electrons. The number of nitrogens with zero attached hydrogens (tertiary/aromatic N) is 1. The third kappa shape index (κ3) is 6.07. The van der Waals surface area contributed by atoms with Gasteiger partial charge in [-0.2, -0.15) is 0 Å². The van der Waals surface area contributed by atoms with E-state index in [1.54, 1.807) is 30.1 Å². The largest absolute Gasteiger partial charge is 0.495 e. The van der Waals surface area contributed by atoms with Gasteiger partial charge in [0.05, 0.1) is 19.3 Å². The Morgan fingerprint density at radius 1 is 1.45 bits per heavy atom. The Bertz CT molecular complexity index is 526. The molecule has 0 radical (unpaired) electrons. The number of ether oxygens (including phenoxy) is 1. The van der Waals surface area contributed by atoms with Gasteiger partial charge in [-0.3, -0.25) is 4.79 Å². The summed E-state index contributed by atoms with van der Waals surface area (Å²) in [6, 6.07) is 5.06. The fourth-order valence-electron chi connectivity index (χ4n) is 1.76. The number of hydrogen-bond acceptors (Lipinski definition) is 3. The van der Waals surface area contributed by atoms with E-state index in [0.717, 1.165) is 19.4 Å². The first-order chi connectivity index (χ1) is 10.5. The van der Waals surface area contributed by atoms with Crippen molar-refractivity contribution in [2.24, 2.45) is 0 Å². The van der Waals surface area contributed by atoms with Crippen LogP contribution in [0.2, 0.25) is 5.02 Å². The molecule has 5 nitrogen and oxygen atoms in total. The van der Waals surface area contributed by atoms with E-state index in [1.807, 2.05) is 0 Å². The Balaban J connectivity index is 2.55. The number of hydrogen-bond donors (Lipinski definition) is 2. The van der Waals surface area contributed by atoms with Gasteiger partial charge in [-0.15, -0.1) is 0 Å². The molecular formula is C15H22ClN3O2S. The number of carbonyl (C=O) groups is 1. The van der Waals surface area contributed by atoms with Crippen LogP contribution in [0.15, 0.2) is 18.2 Å². The van der Waals surface area contributed by atoms with Crippen LogP contribution >= 0.6 is 23.8 Å². The molecule has 1 aromatic rings. The van der Waals surface area contributed by atoms with Gasteiger partial charge in [0, 0.05) is 18.6 Å². The maximum Gasteiger partial charge on any atom is 0.244 e. The maximum absolute atomic E-state index is 12.1. The van der Waals surface area contributed by atoms with Crippen molar-refractivity contribution in [2.75, 3.05) is 32.6 Å². The fourth-order valence-corrected chi connectivity index (χ4v) is 2.10. The first-order valence-corrected chi connectivity index (χ1v) is 7.89. The second-order valence-electron chi connectivity index (χ2n) is 4.83. The number of unbranched alkanes of at least 4 members (excludes halogenated alkanes) is 1. The van der Waals surface area contributed by atoms with Gasteiger partial charge in [0.2, 0.25) is 5.91 Å². The second kappa shape index (κ2) is 9.48. The minimum atomic E-state index is -0.192. The Labute approximate surface area is 142 Å². The summed E-state index contributed by atoms with van der Waals surface area (Å²) < 4.78 is 5.19. The summed E-state index contributed by atoms with van der Waals surface area (Å²) >= 11 is 11.2. The van der Waals surface area contributed by atoms with Gasteiger partial charge < -0.3 is 20.3 Å². The van der Waals surface area contributed by atoms with E-state index in [1.165, 1.54) is 7.11 Å². The van der Waals surface area contributed by atoms with E-state index in [0.29, 0.717) is 21.6 Å². The molecule has 0 aliphatic carbocycles. The normalized spacial score (nSPS) is 10.0. The van der Waals surface area contributed by atoms with Crippen LogP contribution in [-0.2, 0) is 4.79 Å². The molecule has 0 spiro atoms. The van der Waals surface area contributed by atoms with Crippen molar-refractivity contribution in [3.05, 3.63) is 23.2 Å². The Hall–Kier alpha value is -1.53. The molecule has 1 amide bonds. The zero-order valence-corrected chi connectivity index (χ0v) is 14.7. The molecular weight excluding hydrogens is 322 g/mol. The molecule has 2 N–H and O–H groups in total. The van der Waals surface area contributed by atoms with Crippen molar-refractivity contribution in [1.82, 2.24) is 10.2 Å². The van der Waals surface area contributed by atoms with Crippen molar-refractivity contribution < 1.29 is 9.53 Å². The van der Waals surface area contributed by atoms with Crippen LogP contribution in [0.1, 0.15) is 19.8 Å². The molecule has 0 saturated heterocycles. The average molecular weight is 344 g/mol. The third-order valence-corrected chi connectivity index (χ3v) is 3.66. The molecule has 0 atom stereocenters. The molecule has 1 rings (SSSR count). The number of thiocarbonyl (C=S) groups is 1. The molecule has 0 aliphatic heterocycles. The van der Waals surface area contributed by atoms with Gasteiger partial charge in [0.15, 0.2) is 5.11 Å². The highest BCUT2D eigenvalue weighted by atomic mass is 35.5. The molecule has 0 saturated carbocycles. The van der Waals surface area contributed by atoms with Crippen LogP contribution in [0.25, 0.3) is 0 Å². The lowest BCUT2D eigenvalue weighted by Crippen LogP contribution is -2.41. The average Bonchev–Trinajstić information content (AvgIpc) is 2.47. The zero-order chi connectivity index (χ0) is 16.5. The maximum atomic E-state index is 12.1. The van der Waals surface area contributed by atoms with E-state index < -0.39 is 0 Å². The smallest absolute Gasteiger partial charge is 0.244 e. The number of nitrogens with one attached hydrogen (secondary N) is 2. The fraction of sp³-hybridized carbons (Fsp3) is 0.467. The number of methoxy groups -OCH3 is 1. The SMILES string of the molecule is CCCCNC(=S)N(C)CC(=O)Nc1cc(Cl)ccc1OC. The Morgan fingerprint density at radius 2 is 2.18 bits per heavy atom. The van der Waals surface area contributed by atoms with Gasteiger partial charge in [0.1, 0.15) is 5.75 Å². The number of rotatable bonds is 7. The van der Waals surface area contributed by atoms with E-state index in [2.05, 4.69) is 17.6 Å². The molecule has 0 aliphatic rings. The summed E-state index contributed by atoms with van der Waals surface area (Å²) in [6.07, 6.45) is 2.13. The number of halogens is 1. The molecule has 0 fully saturated rings. The van der Waals surface area contributed by atoms with Crippen LogP contribution in [0, 0.1) is 0 Å². The molecule has 22 heavy (non-hydrogen) atoms. The quantitative estimate of drug-likeness (QED) is 0.589. The van der Waals surface area contributed by atoms with Crippen molar-refractivity contribution >= 4 is 40.5 Å². The summed E-state index contributed by atoms with van der Waals surface area (Å²) in [7, 11) is 3.31. The van der Waals surface area contributed by atoms with E-state index in [9.17, 15) is 4.79 Å². The molecule has 0 bridgehead atoms. The summed E-state index contributed by atoms with van der Waals surface area (Å²) in [4.78, 5) is 13.8. The highest BCUT2D eigenvalue weighted by Crippen LogP contribution is 2.27. The minimum Gasteiger partial charge on any atom is -0.495 e. The Kier molecular flexibility index (Phi) is 7.98. The first-order valence-electron chi connectivity index (χ1n) is 7.10. The van der Waals surface area contributed by atoms with Crippen molar-refractivity contribution in [1.29, 1.82) is 0 Å². The van der Waals surface area contributed by atoms with Crippen molar-refractivity contribution in [3.63, 3.8) is 0 Å². The summed E-state index contributed by atoms with van der Waals surface area (Å²) in [5.41, 5.74) is 0.540. The highest BCUT2D eigenvalue weighted by molar-refractivity contribution is 7.80. The summed E-state index contributed by atoms with van der Waals surface area (Å²) in [5, 5.41) is 6.98. The number of benzene rings is 1. The molecule has 0 aromatic heterocycles. The van der Waals surface area contributed by atoms with E-state index in [4.69, 9.17) is 28.6 Å². The van der Waals surface area contributed by atoms with Crippen LogP contribution in [0.4, 0.5) is 5.69 Å². The predicted octanol–water partition coefficient (Wildman–Crippen LogP) is 2.89. The first kappa shape index (κ1) is 18.5. The minimum absolute atomic E-state index is 0.146. The van der Waals surface area contributed by atoms with Crippen LogP contribution in [0.3, 0.4) is 0 Å². The summed E-state index contributed by atoms with van der Waals surface area (Å²) in [5.74, 6) is 0.367. The summed E-state index contributed by atoms with van der Waals surface area (Å²) in [6.45, 7) is 3.07. The van der Waals surface area contributed by atoms with Crippen molar-refractivity contribution in [3.8, 4) is 5.75 Å². The number of carbonyl (C=O) groups excluding carboxylic acids is 1. The monoisotopic (exact) mass is 343 g/mol. The lowest BCUT2D eigenvalue weighted by Gasteiger charge is -2.20. The Morgan fingerprint density at radius 3 is 2.82 bits per heavy atom. The van der Waals surface area contributed by atoms with Crippen molar-refractivity contribution in [2.45, 2.75) is 19.8 Å². The topological polar surface area (TPSA) is 53.6 Å². The van der Waals surface area contributed by atoms with Crippen LogP contribution < -0.4 is 15.4 Å². The van der Waals surface area contributed by atoms with Gasteiger partial charge >= 0.3 is 0 Å². The zero-order valence-electron chi connectivity index (χ0n) is 13.1. The van der Waals surface area contributed by atoms with Crippen LogP contribution in [0.5, 0.6) is 5.75 Å². The predicted molar refractivity (Wildman–Crippen MR) is 94.8 cm³/mol. The molecule has 7 heteroatoms. The van der Waals surface area contributed by atoms with E-state index >= 15 is 0 Å². The van der Waals surface area contributed by atoms with E-state index in [-0.39, 0.29) is 12.5 Å². The standard InChI is InChI=1S/C15H22ClN3O2S/c1-4-5-8-17-15(22)19(2)10-14(20)18-12-9-11(16)6-7-13(12)21-3/h6-7,9H,4-5,8,10H2,1-3H3,(H,17,22)(H,18,20). The van der Waals surface area contributed by atoms with Crippen LogP contribution in [-0.4, -0.2) is 43.2 Å². The molecule has 0 unspecified atom stereocenters. The third-order valence-electron chi connectivity index (χ3n) is 2.97. The van der Waals surface area contributed by atoms with Gasteiger partial charge in [-0.25, -0.2) is 0 Å². The second-order valence-corrected chi connectivity index (χ2v) is 5.66. The molecule has 1 aromatic carbocycles.